The average molecular weight is 366 g/mol. The van der Waals surface area contributed by atoms with Gasteiger partial charge in [0, 0.05) is 6.42 Å². The van der Waals surface area contributed by atoms with Crippen molar-refractivity contribution in [1.29, 1.82) is 0 Å². The third kappa shape index (κ3) is 7.25. The van der Waals surface area contributed by atoms with Crippen LogP contribution in [0.5, 0.6) is 0 Å². The van der Waals surface area contributed by atoms with Gasteiger partial charge < -0.3 is 29.9 Å². The Morgan fingerprint density at radius 3 is 2.25 bits per heavy atom. The number of thioether (sulfide) groups is 1. The van der Waals surface area contributed by atoms with Gasteiger partial charge in [-0.15, -0.1) is 11.8 Å². The Labute approximate surface area is 147 Å². The van der Waals surface area contributed by atoms with Gasteiger partial charge in [0.25, 0.3) is 0 Å². The molecule has 24 heavy (non-hydrogen) atoms. The summed E-state index contributed by atoms with van der Waals surface area (Å²) in [5.74, 6) is 0.608. The molecular formula is C16H30O7S. The molecule has 0 saturated carbocycles. The molecular weight excluding hydrogens is 336 g/mol. The molecule has 0 aliphatic carbocycles. The molecule has 4 N–H and O–H groups in total. The maximum atomic E-state index is 10.9. The van der Waals surface area contributed by atoms with Crippen molar-refractivity contribution in [3.63, 3.8) is 0 Å². The lowest BCUT2D eigenvalue weighted by molar-refractivity contribution is -0.205. The summed E-state index contributed by atoms with van der Waals surface area (Å²) in [6.07, 6.45) is 1.89. The fourth-order valence-corrected chi connectivity index (χ4v) is 3.77. The minimum Gasteiger partial charge on any atom is -0.469 e. The van der Waals surface area contributed by atoms with Crippen LogP contribution in [0.2, 0.25) is 0 Å². The number of aliphatic hydroxyl groups excluding tert-OH is 4. The van der Waals surface area contributed by atoms with Crippen LogP contribution in [0.25, 0.3) is 0 Å². The van der Waals surface area contributed by atoms with Gasteiger partial charge in [-0.3, -0.25) is 4.79 Å². The molecule has 0 aromatic heterocycles. The highest BCUT2D eigenvalue weighted by Gasteiger charge is 2.43. The summed E-state index contributed by atoms with van der Waals surface area (Å²) >= 11 is 1.39. The predicted octanol–water partition coefficient (Wildman–Crippen LogP) is 0.423. The molecule has 1 aliphatic heterocycles. The van der Waals surface area contributed by atoms with Gasteiger partial charge in [0.1, 0.15) is 29.9 Å². The standard InChI is InChI=1S/C16H30O7S/c1-22-12(18)8-6-4-2-3-5-7-9-24-16-15(21)14(20)13(19)11(10-17)23-16/h11,13-17,19-21H,2-10H2,1H3/t11-,13-,14-,15-,16+/m1/s1. The van der Waals surface area contributed by atoms with Crippen molar-refractivity contribution >= 4 is 17.7 Å². The number of esters is 1. The minimum atomic E-state index is -1.30. The third-order valence-corrected chi connectivity index (χ3v) is 5.38. The Morgan fingerprint density at radius 1 is 1.00 bits per heavy atom. The van der Waals surface area contributed by atoms with E-state index in [4.69, 9.17) is 9.84 Å². The van der Waals surface area contributed by atoms with Gasteiger partial charge in [0.15, 0.2) is 0 Å². The van der Waals surface area contributed by atoms with Gasteiger partial charge in [0.05, 0.1) is 13.7 Å². The van der Waals surface area contributed by atoms with Crippen molar-refractivity contribution in [1.82, 2.24) is 0 Å². The fraction of sp³-hybridized carbons (Fsp3) is 0.938. The first-order valence-corrected chi connectivity index (χ1v) is 9.55. The number of unbranched alkanes of at least 4 members (excludes halogenated alkanes) is 5. The van der Waals surface area contributed by atoms with E-state index in [1.165, 1.54) is 18.9 Å². The highest BCUT2D eigenvalue weighted by atomic mass is 32.2. The number of hydrogen-bond acceptors (Lipinski definition) is 8. The maximum Gasteiger partial charge on any atom is 0.305 e. The van der Waals surface area contributed by atoms with Crippen molar-refractivity contribution in [2.75, 3.05) is 19.5 Å². The van der Waals surface area contributed by atoms with Crippen molar-refractivity contribution in [3.8, 4) is 0 Å². The molecule has 1 aliphatic rings. The molecule has 8 heteroatoms. The summed E-state index contributed by atoms with van der Waals surface area (Å²) < 4.78 is 10.0. The van der Waals surface area contributed by atoms with E-state index < -0.39 is 36.5 Å². The van der Waals surface area contributed by atoms with Crippen LogP contribution in [-0.2, 0) is 14.3 Å². The number of carbonyl (C=O) groups is 1. The molecule has 5 atom stereocenters. The van der Waals surface area contributed by atoms with Gasteiger partial charge in [-0.1, -0.05) is 25.7 Å². The molecule has 0 bridgehead atoms. The number of ether oxygens (including phenoxy) is 2. The highest BCUT2D eigenvalue weighted by Crippen LogP contribution is 2.29. The van der Waals surface area contributed by atoms with E-state index in [-0.39, 0.29) is 5.97 Å². The summed E-state index contributed by atoms with van der Waals surface area (Å²) in [5.41, 5.74) is -0.638. The van der Waals surface area contributed by atoms with E-state index in [0.717, 1.165) is 44.3 Å². The number of methoxy groups -OCH3 is 1. The zero-order valence-corrected chi connectivity index (χ0v) is 15.0. The SMILES string of the molecule is COC(=O)CCCCCCCCS[C@@H]1O[C@H](CO)[C@@H](O)[C@@H](O)[C@H]1O. The van der Waals surface area contributed by atoms with Crippen LogP contribution < -0.4 is 0 Å². The monoisotopic (exact) mass is 366 g/mol. The molecule has 0 aromatic rings. The molecule has 0 aromatic carbocycles. The van der Waals surface area contributed by atoms with Gasteiger partial charge in [-0.25, -0.2) is 0 Å². The lowest BCUT2D eigenvalue weighted by Gasteiger charge is -2.39. The molecule has 1 rings (SSSR count). The topological polar surface area (TPSA) is 116 Å². The maximum absolute atomic E-state index is 10.9. The molecule has 1 heterocycles. The largest absolute Gasteiger partial charge is 0.469 e. The molecule has 1 saturated heterocycles. The molecule has 0 unspecified atom stereocenters. The second-order valence-electron chi connectivity index (χ2n) is 6.02. The van der Waals surface area contributed by atoms with E-state index in [1.54, 1.807) is 0 Å². The Balaban J connectivity index is 2.07. The second-order valence-corrected chi connectivity index (χ2v) is 7.22. The summed E-state index contributed by atoms with van der Waals surface area (Å²) in [5, 5.41) is 38.5. The van der Waals surface area contributed by atoms with Crippen LogP contribution in [0.3, 0.4) is 0 Å². The lowest BCUT2D eigenvalue weighted by atomic mass is 10.0. The summed E-state index contributed by atoms with van der Waals surface area (Å²) in [7, 11) is 1.40. The summed E-state index contributed by atoms with van der Waals surface area (Å²) in [4.78, 5) is 10.9. The van der Waals surface area contributed by atoms with Crippen LogP contribution in [0, 0.1) is 0 Å². The Bertz CT molecular complexity index is 353. The average Bonchev–Trinajstić information content (AvgIpc) is 2.59. The highest BCUT2D eigenvalue weighted by molar-refractivity contribution is 7.99. The third-order valence-electron chi connectivity index (χ3n) is 4.13. The van der Waals surface area contributed by atoms with Crippen molar-refractivity contribution in [3.05, 3.63) is 0 Å². The van der Waals surface area contributed by atoms with Crippen LogP contribution in [0.1, 0.15) is 44.9 Å². The summed E-state index contributed by atoms with van der Waals surface area (Å²) in [6.45, 7) is -0.395. The quantitative estimate of drug-likeness (QED) is 0.307. The van der Waals surface area contributed by atoms with Gasteiger partial charge in [-0.2, -0.15) is 0 Å². The Kier molecular flexibility index (Phi) is 10.9. The van der Waals surface area contributed by atoms with Crippen LogP contribution in [-0.4, -0.2) is 75.7 Å². The number of aliphatic hydroxyl groups is 4. The van der Waals surface area contributed by atoms with Crippen LogP contribution in [0.15, 0.2) is 0 Å². The predicted molar refractivity (Wildman–Crippen MR) is 90.6 cm³/mol. The van der Waals surface area contributed by atoms with Gasteiger partial charge in [0.2, 0.25) is 0 Å². The summed E-state index contributed by atoms with van der Waals surface area (Å²) in [6, 6.07) is 0. The number of hydrogen-bond donors (Lipinski definition) is 4. The molecule has 1 fully saturated rings. The van der Waals surface area contributed by atoms with Crippen LogP contribution in [0.4, 0.5) is 0 Å². The normalized spacial score (nSPS) is 30.3. The molecule has 0 radical (unpaired) electrons. The Morgan fingerprint density at radius 2 is 1.62 bits per heavy atom. The molecule has 142 valence electrons. The Hall–Kier alpha value is -0.380. The zero-order valence-electron chi connectivity index (χ0n) is 14.2. The van der Waals surface area contributed by atoms with Gasteiger partial charge in [-0.05, 0) is 18.6 Å². The lowest BCUT2D eigenvalue weighted by Crippen LogP contribution is -2.57. The molecule has 0 spiro atoms. The smallest absolute Gasteiger partial charge is 0.305 e. The van der Waals surface area contributed by atoms with E-state index >= 15 is 0 Å². The van der Waals surface area contributed by atoms with Crippen molar-refractivity contribution in [2.45, 2.75) is 74.8 Å². The van der Waals surface area contributed by atoms with E-state index in [9.17, 15) is 20.1 Å². The van der Waals surface area contributed by atoms with E-state index in [0.29, 0.717) is 6.42 Å². The minimum absolute atomic E-state index is 0.161. The number of carbonyl (C=O) groups excluding carboxylic acids is 1. The second kappa shape index (κ2) is 12.1. The number of rotatable bonds is 11. The first kappa shape index (κ1) is 21.7. The van der Waals surface area contributed by atoms with Crippen molar-refractivity contribution in [2.24, 2.45) is 0 Å². The van der Waals surface area contributed by atoms with Crippen LogP contribution >= 0.6 is 11.8 Å². The molecule has 0 amide bonds. The zero-order chi connectivity index (χ0) is 17.9. The van der Waals surface area contributed by atoms with E-state index in [1.807, 2.05) is 0 Å². The van der Waals surface area contributed by atoms with E-state index in [2.05, 4.69) is 4.74 Å². The van der Waals surface area contributed by atoms with Gasteiger partial charge >= 0.3 is 5.97 Å². The molecule has 7 nitrogen and oxygen atoms in total. The van der Waals surface area contributed by atoms with Crippen molar-refractivity contribution < 1.29 is 34.7 Å². The first-order valence-electron chi connectivity index (χ1n) is 8.50. The first-order chi connectivity index (χ1) is 11.5. The fourth-order valence-electron chi connectivity index (χ4n) is 2.59.